The Morgan fingerprint density at radius 2 is 1.90 bits per heavy atom. The lowest BCUT2D eigenvalue weighted by molar-refractivity contribution is 0.0738. The molecule has 2 rings (SSSR count). The first-order valence-electron chi connectivity index (χ1n) is 6.70. The second kappa shape index (κ2) is 5.02. The summed E-state index contributed by atoms with van der Waals surface area (Å²) in [6.45, 7) is 7.40. The van der Waals surface area contributed by atoms with Crippen LogP contribution in [0.25, 0.3) is 0 Å². The molecule has 1 saturated heterocycles. The summed E-state index contributed by atoms with van der Waals surface area (Å²) in [5.41, 5.74) is 12.8. The summed E-state index contributed by atoms with van der Waals surface area (Å²) in [6, 6.07) is 4.25. The van der Waals surface area contributed by atoms with Gasteiger partial charge in [0.15, 0.2) is 0 Å². The molecule has 1 aromatic rings. The molecule has 2 atom stereocenters. The van der Waals surface area contributed by atoms with Crippen molar-refractivity contribution in [1.82, 2.24) is 15.8 Å². The number of hydrogen-bond acceptors (Lipinski definition) is 6. The van der Waals surface area contributed by atoms with Crippen LogP contribution in [0.1, 0.15) is 50.4 Å². The molecule has 0 amide bonds. The number of pyridine rings is 1. The fourth-order valence-corrected chi connectivity index (χ4v) is 2.70. The Bertz CT molecular complexity index is 548. The number of aromatic nitrogens is 1. The molecule has 2 heterocycles. The van der Waals surface area contributed by atoms with Crippen LogP contribution in [0.15, 0.2) is 6.07 Å². The highest BCUT2D eigenvalue weighted by atomic mass is 16.3. The first-order chi connectivity index (χ1) is 9.25. The lowest BCUT2D eigenvalue weighted by atomic mass is 9.85. The van der Waals surface area contributed by atoms with Crippen molar-refractivity contribution in [2.45, 2.75) is 51.3 Å². The number of aliphatic hydroxyl groups is 1. The lowest BCUT2D eigenvalue weighted by Crippen LogP contribution is -2.30. The van der Waals surface area contributed by atoms with Gasteiger partial charge in [0, 0.05) is 18.0 Å². The van der Waals surface area contributed by atoms with Crippen molar-refractivity contribution in [1.29, 1.82) is 5.26 Å². The van der Waals surface area contributed by atoms with Crippen LogP contribution in [-0.2, 0) is 5.60 Å². The van der Waals surface area contributed by atoms with Gasteiger partial charge in [0.2, 0.25) is 0 Å². The maximum Gasteiger partial charge on any atom is 0.142 e. The van der Waals surface area contributed by atoms with Crippen LogP contribution in [0, 0.1) is 11.3 Å². The number of nitrogens with two attached hydrogens (primary N) is 1. The molecule has 6 nitrogen and oxygen atoms in total. The Balaban J connectivity index is 2.61. The fourth-order valence-electron chi connectivity index (χ4n) is 2.70. The van der Waals surface area contributed by atoms with E-state index in [9.17, 15) is 10.4 Å². The van der Waals surface area contributed by atoms with Gasteiger partial charge in [0.1, 0.15) is 17.5 Å². The smallest absolute Gasteiger partial charge is 0.142 e. The minimum atomic E-state index is -1.09. The average Bonchev–Trinajstić information content (AvgIpc) is 2.67. The number of anilines is 1. The molecule has 1 aliphatic heterocycles. The molecular formula is C14H21N5O. The molecule has 20 heavy (non-hydrogen) atoms. The second-order valence-electron chi connectivity index (χ2n) is 5.92. The molecule has 0 saturated carbocycles. The third-order valence-electron chi connectivity index (χ3n) is 3.79. The molecule has 0 spiro atoms. The van der Waals surface area contributed by atoms with Gasteiger partial charge in [-0.25, -0.2) is 4.98 Å². The molecule has 1 aromatic heterocycles. The Morgan fingerprint density at radius 3 is 2.35 bits per heavy atom. The topological polar surface area (TPSA) is 107 Å². The lowest BCUT2D eigenvalue weighted by Gasteiger charge is -2.24. The van der Waals surface area contributed by atoms with Crippen LogP contribution < -0.4 is 16.6 Å². The van der Waals surface area contributed by atoms with Crippen molar-refractivity contribution in [3.8, 4) is 6.07 Å². The van der Waals surface area contributed by atoms with E-state index in [0.717, 1.165) is 5.56 Å². The maximum absolute atomic E-state index is 10.1. The first kappa shape index (κ1) is 14.7. The Morgan fingerprint density at radius 1 is 1.35 bits per heavy atom. The van der Waals surface area contributed by atoms with E-state index in [1.165, 1.54) is 0 Å². The van der Waals surface area contributed by atoms with E-state index in [2.05, 4.69) is 21.9 Å². The quantitative estimate of drug-likeness (QED) is 0.634. The Hall–Kier alpha value is -1.68. The Kier molecular flexibility index (Phi) is 3.69. The average molecular weight is 275 g/mol. The Labute approximate surface area is 119 Å². The predicted octanol–water partition coefficient (Wildman–Crippen LogP) is 0.731. The van der Waals surface area contributed by atoms with Crippen molar-refractivity contribution in [2.75, 3.05) is 5.73 Å². The summed E-state index contributed by atoms with van der Waals surface area (Å²) in [4.78, 5) is 4.16. The largest absolute Gasteiger partial charge is 0.384 e. The molecule has 6 heteroatoms. The van der Waals surface area contributed by atoms with Crippen LogP contribution >= 0.6 is 0 Å². The summed E-state index contributed by atoms with van der Waals surface area (Å²) in [7, 11) is 0. The third-order valence-corrected chi connectivity index (χ3v) is 3.79. The van der Waals surface area contributed by atoms with Gasteiger partial charge >= 0.3 is 0 Å². The molecule has 2 unspecified atom stereocenters. The van der Waals surface area contributed by atoms with E-state index in [1.807, 2.05) is 13.8 Å². The standard InChI is InChI=1S/C14H21N5O/c1-7-12(8(2)19-18-7)9-5-11(14(3,4)20)17-13(16)10(9)6-15/h5,7-8,12,18-20H,1-4H3,(H2,16,17). The highest BCUT2D eigenvalue weighted by Crippen LogP contribution is 2.33. The van der Waals surface area contributed by atoms with Crippen molar-refractivity contribution in [3.05, 3.63) is 22.9 Å². The van der Waals surface area contributed by atoms with E-state index in [1.54, 1.807) is 19.9 Å². The summed E-state index contributed by atoms with van der Waals surface area (Å²) >= 11 is 0. The number of nitriles is 1. The predicted molar refractivity (Wildman–Crippen MR) is 76.5 cm³/mol. The number of nitrogens with zero attached hydrogens (tertiary/aromatic N) is 2. The van der Waals surface area contributed by atoms with Gasteiger partial charge in [0.05, 0.1) is 11.3 Å². The molecule has 5 N–H and O–H groups in total. The zero-order chi connectivity index (χ0) is 15.1. The number of hydrazine groups is 1. The monoisotopic (exact) mass is 275 g/mol. The fraction of sp³-hybridized carbons (Fsp3) is 0.571. The van der Waals surface area contributed by atoms with Crippen molar-refractivity contribution < 1.29 is 5.11 Å². The number of hydrogen-bond donors (Lipinski definition) is 4. The van der Waals surface area contributed by atoms with Crippen LogP contribution in [-0.4, -0.2) is 22.2 Å². The van der Waals surface area contributed by atoms with Gasteiger partial charge in [-0.2, -0.15) is 5.26 Å². The van der Waals surface area contributed by atoms with Crippen LogP contribution in [0.2, 0.25) is 0 Å². The van der Waals surface area contributed by atoms with Crippen LogP contribution in [0.3, 0.4) is 0 Å². The van der Waals surface area contributed by atoms with Gasteiger partial charge in [-0.1, -0.05) is 0 Å². The molecule has 0 aliphatic carbocycles. The first-order valence-corrected chi connectivity index (χ1v) is 6.70. The molecule has 108 valence electrons. The zero-order valence-corrected chi connectivity index (χ0v) is 12.2. The van der Waals surface area contributed by atoms with Crippen molar-refractivity contribution >= 4 is 5.82 Å². The van der Waals surface area contributed by atoms with Gasteiger partial charge in [-0.05, 0) is 39.3 Å². The van der Waals surface area contributed by atoms with Crippen molar-refractivity contribution in [2.24, 2.45) is 0 Å². The van der Waals surface area contributed by atoms with E-state index < -0.39 is 5.60 Å². The van der Waals surface area contributed by atoms with Crippen LogP contribution in [0.4, 0.5) is 5.82 Å². The zero-order valence-electron chi connectivity index (χ0n) is 12.2. The second-order valence-corrected chi connectivity index (χ2v) is 5.92. The van der Waals surface area contributed by atoms with Crippen molar-refractivity contribution in [3.63, 3.8) is 0 Å². The molecule has 0 aromatic carbocycles. The SMILES string of the molecule is CC1NNC(C)C1c1cc(C(C)(C)O)nc(N)c1C#N. The molecule has 1 aliphatic rings. The molecule has 1 fully saturated rings. The summed E-state index contributed by atoms with van der Waals surface area (Å²) in [5.74, 6) is 0.268. The summed E-state index contributed by atoms with van der Waals surface area (Å²) in [6.07, 6.45) is 0. The summed E-state index contributed by atoms with van der Waals surface area (Å²) in [5, 5.41) is 19.5. The number of nitrogens with one attached hydrogen (secondary N) is 2. The highest BCUT2D eigenvalue weighted by molar-refractivity contribution is 5.56. The number of rotatable bonds is 2. The van der Waals surface area contributed by atoms with Gasteiger partial charge in [-0.15, -0.1) is 0 Å². The minimum absolute atomic E-state index is 0.0936. The number of nitrogen functional groups attached to an aromatic ring is 1. The highest BCUT2D eigenvalue weighted by Gasteiger charge is 2.35. The molecule has 0 bridgehead atoms. The molecular weight excluding hydrogens is 254 g/mol. The summed E-state index contributed by atoms with van der Waals surface area (Å²) < 4.78 is 0. The minimum Gasteiger partial charge on any atom is -0.384 e. The van der Waals surface area contributed by atoms with Gasteiger partial charge < -0.3 is 10.8 Å². The van der Waals surface area contributed by atoms with Crippen LogP contribution in [0.5, 0.6) is 0 Å². The van der Waals surface area contributed by atoms with Gasteiger partial charge in [-0.3, -0.25) is 10.9 Å². The van der Waals surface area contributed by atoms with E-state index in [4.69, 9.17) is 5.73 Å². The normalized spacial score (nSPS) is 26.5. The van der Waals surface area contributed by atoms with Gasteiger partial charge in [0.25, 0.3) is 0 Å². The van der Waals surface area contributed by atoms with E-state index in [0.29, 0.717) is 11.3 Å². The van der Waals surface area contributed by atoms with E-state index >= 15 is 0 Å². The maximum atomic E-state index is 10.1. The van der Waals surface area contributed by atoms with E-state index in [-0.39, 0.29) is 23.8 Å². The molecule has 0 radical (unpaired) electrons. The third kappa shape index (κ3) is 2.48.